The largest absolute Gasteiger partial charge is 0.354 e. The molecule has 1 aromatic carbocycles. The quantitative estimate of drug-likeness (QED) is 0.897. The average Bonchev–Trinajstić information content (AvgIpc) is 2.88. The van der Waals surface area contributed by atoms with E-state index < -0.39 is 0 Å². The third-order valence-corrected chi connectivity index (χ3v) is 4.56. The number of halogens is 2. The number of amides is 1. The van der Waals surface area contributed by atoms with Gasteiger partial charge in [-0.05, 0) is 18.1 Å². The highest BCUT2D eigenvalue weighted by molar-refractivity contribution is 7.99. The van der Waals surface area contributed by atoms with Crippen LogP contribution in [0.1, 0.15) is 5.56 Å². The first-order valence-electron chi connectivity index (χ1n) is 5.70. The van der Waals surface area contributed by atoms with E-state index in [-0.39, 0.29) is 11.9 Å². The average molecular weight is 305 g/mol. The Morgan fingerprint density at radius 2 is 2.33 bits per heavy atom. The third kappa shape index (κ3) is 3.54. The summed E-state index contributed by atoms with van der Waals surface area (Å²) in [7, 11) is 0. The molecule has 0 radical (unpaired) electrons. The van der Waals surface area contributed by atoms with Crippen molar-refractivity contribution in [2.45, 2.75) is 12.5 Å². The van der Waals surface area contributed by atoms with E-state index in [2.05, 4.69) is 10.6 Å². The Labute approximate surface area is 121 Å². The van der Waals surface area contributed by atoms with E-state index in [4.69, 9.17) is 23.2 Å². The van der Waals surface area contributed by atoms with Gasteiger partial charge >= 0.3 is 0 Å². The number of thioether (sulfide) groups is 1. The van der Waals surface area contributed by atoms with Gasteiger partial charge in [0.1, 0.15) is 0 Å². The summed E-state index contributed by atoms with van der Waals surface area (Å²) in [6, 6.07) is 5.47. The maximum Gasteiger partial charge on any atom is 0.238 e. The normalized spacial score (nSPS) is 18.9. The predicted molar refractivity (Wildman–Crippen MR) is 77.4 cm³/mol. The van der Waals surface area contributed by atoms with Gasteiger partial charge in [0.25, 0.3) is 0 Å². The van der Waals surface area contributed by atoms with Gasteiger partial charge in [-0.1, -0.05) is 35.3 Å². The van der Waals surface area contributed by atoms with Gasteiger partial charge in [0.2, 0.25) is 5.91 Å². The SMILES string of the molecule is O=C(NCCc1cccc(Cl)c1Cl)C1CSCN1. The lowest BCUT2D eigenvalue weighted by atomic mass is 10.1. The highest BCUT2D eigenvalue weighted by Crippen LogP contribution is 2.25. The number of carbonyl (C=O) groups is 1. The van der Waals surface area contributed by atoms with Crippen LogP contribution in [0, 0.1) is 0 Å². The molecule has 0 saturated carbocycles. The molecule has 0 spiro atoms. The number of rotatable bonds is 4. The van der Waals surface area contributed by atoms with Crippen LogP contribution in [0.15, 0.2) is 18.2 Å². The van der Waals surface area contributed by atoms with E-state index in [0.29, 0.717) is 23.0 Å². The molecular formula is C12H14Cl2N2OS. The summed E-state index contributed by atoms with van der Waals surface area (Å²) in [5, 5.41) is 7.16. The molecule has 0 aromatic heterocycles. The lowest BCUT2D eigenvalue weighted by Gasteiger charge is -2.11. The number of hydrogen-bond acceptors (Lipinski definition) is 3. The second kappa shape index (κ2) is 6.66. The zero-order valence-electron chi connectivity index (χ0n) is 9.71. The Balaban J connectivity index is 1.81. The molecule has 1 amide bonds. The maximum atomic E-state index is 11.7. The molecule has 1 atom stereocenters. The van der Waals surface area contributed by atoms with Crippen LogP contribution in [-0.2, 0) is 11.2 Å². The minimum Gasteiger partial charge on any atom is -0.354 e. The lowest BCUT2D eigenvalue weighted by Crippen LogP contribution is -2.42. The fraction of sp³-hybridized carbons (Fsp3) is 0.417. The molecule has 3 nitrogen and oxygen atoms in total. The molecule has 0 aliphatic carbocycles. The summed E-state index contributed by atoms with van der Waals surface area (Å²) in [4.78, 5) is 11.7. The van der Waals surface area contributed by atoms with E-state index in [1.54, 1.807) is 17.8 Å². The molecule has 1 aromatic rings. The minimum atomic E-state index is -0.0650. The van der Waals surface area contributed by atoms with Gasteiger partial charge in [-0.3, -0.25) is 10.1 Å². The number of carbonyl (C=O) groups excluding carboxylic acids is 1. The molecule has 2 rings (SSSR count). The van der Waals surface area contributed by atoms with E-state index >= 15 is 0 Å². The first kappa shape index (κ1) is 14.0. The van der Waals surface area contributed by atoms with Crippen LogP contribution in [-0.4, -0.2) is 30.1 Å². The second-order valence-corrected chi connectivity index (χ2v) is 5.84. The van der Waals surface area contributed by atoms with Crippen molar-refractivity contribution in [2.75, 3.05) is 18.2 Å². The van der Waals surface area contributed by atoms with E-state index in [1.807, 2.05) is 12.1 Å². The molecule has 1 heterocycles. The standard InChI is InChI=1S/C12H14Cl2N2OS/c13-9-3-1-2-8(11(9)14)4-5-15-12(17)10-6-18-7-16-10/h1-3,10,16H,4-7H2,(H,15,17). The van der Waals surface area contributed by atoms with Gasteiger partial charge in [0.15, 0.2) is 0 Å². The zero-order valence-corrected chi connectivity index (χ0v) is 12.0. The third-order valence-electron chi connectivity index (χ3n) is 2.76. The van der Waals surface area contributed by atoms with Gasteiger partial charge in [0.05, 0.1) is 16.1 Å². The van der Waals surface area contributed by atoms with Crippen molar-refractivity contribution in [3.05, 3.63) is 33.8 Å². The van der Waals surface area contributed by atoms with Crippen LogP contribution in [0.25, 0.3) is 0 Å². The molecule has 0 bridgehead atoms. The van der Waals surface area contributed by atoms with E-state index in [9.17, 15) is 4.79 Å². The van der Waals surface area contributed by atoms with Crippen LogP contribution in [0.4, 0.5) is 0 Å². The maximum absolute atomic E-state index is 11.7. The molecule has 6 heteroatoms. The van der Waals surface area contributed by atoms with Crippen LogP contribution in [0.2, 0.25) is 10.0 Å². The monoisotopic (exact) mass is 304 g/mol. The van der Waals surface area contributed by atoms with E-state index in [1.165, 1.54) is 0 Å². The van der Waals surface area contributed by atoms with E-state index in [0.717, 1.165) is 17.2 Å². The predicted octanol–water partition coefficient (Wildman–Crippen LogP) is 2.31. The highest BCUT2D eigenvalue weighted by Gasteiger charge is 2.21. The summed E-state index contributed by atoms with van der Waals surface area (Å²) in [5.41, 5.74) is 0.957. The Morgan fingerprint density at radius 1 is 1.50 bits per heavy atom. The summed E-state index contributed by atoms with van der Waals surface area (Å²) in [6.07, 6.45) is 0.686. The fourth-order valence-electron chi connectivity index (χ4n) is 1.75. The van der Waals surface area contributed by atoms with Crippen molar-refractivity contribution in [2.24, 2.45) is 0 Å². The van der Waals surface area contributed by atoms with Gasteiger partial charge in [-0.2, -0.15) is 0 Å². The molecule has 1 fully saturated rings. The molecule has 1 aliphatic heterocycles. The van der Waals surface area contributed by atoms with Crippen molar-refractivity contribution in [1.29, 1.82) is 0 Å². The summed E-state index contributed by atoms with van der Waals surface area (Å²) in [6.45, 7) is 0.571. The Morgan fingerprint density at radius 3 is 3.06 bits per heavy atom. The molecule has 1 aliphatic rings. The number of benzene rings is 1. The smallest absolute Gasteiger partial charge is 0.238 e. The first-order chi connectivity index (χ1) is 8.68. The topological polar surface area (TPSA) is 41.1 Å². The number of hydrogen-bond donors (Lipinski definition) is 2. The van der Waals surface area contributed by atoms with Gasteiger partial charge in [-0.25, -0.2) is 0 Å². The molecule has 18 heavy (non-hydrogen) atoms. The molecule has 1 unspecified atom stereocenters. The lowest BCUT2D eigenvalue weighted by molar-refractivity contribution is -0.122. The summed E-state index contributed by atoms with van der Waals surface area (Å²) in [5.74, 6) is 1.74. The first-order valence-corrected chi connectivity index (χ1v) is 7.61. The Kier molecular flexibility index (Phi) is 5.18. The molecule has 98 valence electrons. The van der Waals surface area contributed by atoms with Crippen molar-refractivity contribution in [3.63, 3.8) is 0 Å². The van der Waals surface area contributed by atoms with Gasteiger partial charge < -0.3 is 5.32 Å². The fourth-order valence-corrected chi connectivity index (χ4v) is 3.11. The van der Waals surface area contributed by atoms with Gasteiger partial charge in [0, 0.05) is 18.2 Å². The zero-order chi connectivity index (χ0) is 13.0. The molecule has 1 saturated heterocycles. The van der Waals surface area contributed by atoms with Crippen LogP contribution in [0.5, 0.6) is 0 Å². The van der Waals surface area contributed by atoms with Crippen LogP contribution in [0.3, 0.4) is 0 Å². The summed E-state index contributed by atoms with van der Waals surface area (Å²) >= 11 is 13.7. The van der Waals surface area contributed by atoms with Crippen molar-refractivity contribution in [1.82, 2.24) is 10.6 Å². The van der Waals surface area contributed by atoms with Crippen molar-refractivity contribution in [3.8, 4) is 0 Å². The van der Waals surface area contributed by atoms with Crippen LogP contribution >= 0.6 is 35.0 Å². The molecular weight excluding hydrogens is 291 g/mol. The van der Waals surface area contributed by atoms with Crippen molar-refractivity contribution >= 4 is 40.9 Å². The number of nitrogens with one attached hydrogen (secondary N) is 2. The minimum absolute atomic E-state index is 0.0538. The Bertz CT molecular complexity index is 436. The second-order valence-electron chi connectivity index (χ2n) is 4.03. The molecule has 2 N–H and O–H groups in total. The highest BCUT2D eigenvalue weighted by atomic mass is 35.5. The van der Waals surface area contributed by atoms with Crippen LogP contribution < -0.4 is 10.6 Å². The van der Waals surface area contributed by atoms with Gasteiger partial charge in [-0.15, -0.1) is 11.8 Å². The summed E-state index contributed by atoms with van der Waals surface area (Å²) < 4.78 is 0. The Hall–Kier alpha value is -0.420. The van der Waals surface area contributed by atoms with Crippen molar-refractivity contribution < 1.29 is 4.79 Å².